The fourth-order valence-electron chi connectivity index (χ4n) is 2.93. The minimum Gasteiger partial charge on any atom is -0.493 e. The molecule has 4 heteroatoms. The van der Waals surface area contributed by atoms with Crippen molar-refractivity contribution in [3.63, 3.8) is 0 Å². The summed E-state index contributed by atoms with van der Waals surface area (Å²) < 4.78 is 7.20. The first-order chi connectivity index (χ1) is 12.3. The third-order valence-electron chi connectivity index (χ3n) is 4.12. The Hall–Kier alpha value is -3.40. The molecular weight excluding hydrogens is 312 g/mol. The van der Waals surface area contributed by atoms with Crippen molar-refractivity contribution in [3.05, 3.63) is 89.1 Å². The Morgan fingerprint density at radius 2 is 1.56 bits per heavy atom. The van der Waals surface area contributed by atoms with Crippen LogP contribution in [0.4, 0.5) is 0 Å². The number of rotatable bonds is 3. The molecule has 1 aromatic heterocycles. The maximum absolute atomic E-state index is 12.0. The van der Waals surface area contributed by atoms with Crippen molar-refractivity contribution in [1.29, 1.82) is 0 Å². The zero-order valence-corrected chi connectivity index (χ0v) is 13.7. The van der Waals surface area contributed by atoms with E-state index in [4.69, 9.17) is 9.72 Å². The molecule has 4 nitrogen and oxygen atoms in total. The molecule has 0 saturated heterocycles. The van der Waals surface area contributed by atoms with E-state index in [1.54, 1.807) is 12.1 Å². The molecule has 0 spiro atoms. The number of imidazole rings is 1. The zero-order chi connectivity index (χ0) is 17.2. The lowest BCUT2D eigenvalue weighted by molar-refractivity contribution is 0.411. The summed E-state index contributed by atoms with van der Waals surface area (Å²) in [6, 6.07) is 24.9. The van der Waals surface area contributed by atoms with Crippen LogP contribution in [0.2, 0.25) is 0 Å². The fourth-order valence-corrected chi connectivity index (χ4v) is 2.93. The van der Waals surface area contributed by atoms with Gasteiger partial charge >= 0.3 is 0 Å². The van der Waals surface area contributed by atoms with Crippen LogP contribution in [0.25, 0.3) is 28.1 Å². The SMILES string of the molecule is COc1ccc(-n2c(-c3ccccc3)nc3ccccc32)ccc1=O. The lowest BCUT2D eigenvalue weighted by Crippen LogP contribution is -1.99. The molecule has 0 saturated carbocycles. The molecule has 4 aromatic rings. The van der Waals surface area contributed by atoms with E-state index in [0.717, 1.165) is 28.1 Å². The van der Waals surface area contributed by atoms with E-state index in [-0.39, 0.29) is 5.43 Å². The Morgan fingerprint density at radius 1 is 0.840 bits per heavy atom. The molecule has 3 aromatic carbocycles. The lowest BCUT2D eigenvalue weighted by atomic mass is 10.2. The Morgan fingerprint density at radius 3 is 2.36 bits per heavy atom. The van der Waals surface area contributed by atoms with Gasteiger partial charge in [-0.1, -0.05) is 42.5 Å². The number of hydrogen-bond acceptors (Lipinski definition) is 3. The number of ether oxygens (including phenoxy) is 1. The number of nitrogens with zero attached hydrogens (tertiary/aromatic N) is 2. The second kappa shape index (κ2) is 6.24. The maximum atomic E-state index is 12.0. The van der Waals surface area contributed by atoms with Gasteiger partial charge in [-0.2, -0.15) is 0 Å². The quantitative estimate of drug-likeness (QED) is 0.569. The molecule has 0 aliphatic carbocycles. The average molecular weight is 328 g/mol. The van der Waals surface area contributed by atoms with Crippen molar-refractivity contribution in [3.8, 4) is 22.8 Å². The smallest absolute Gasteiger partial charge is 0.220 e. The van der Waals surface area contributed by atoms with Crippen molar-refractivity contribution in [2.24, 2.45) is 0 Å². The summed E-state index contributed by atoms with van der Waals surface area (Å²) in [7, 11) is 1.50. The van der Waals surface area contributed by atoms with Crippen LogP contribution in [-0.4, -0.2) is 16.7 Å². The van der Waals surface area contributed by atoms with E-state index in [9.17, 15) is 4.79 Å². The van der Waals surface area contributed by atoms with Gasteiger partial charge in [-0.15, -0.1) is 0 Å². The van der Waals surface area contributed by atoms with Gasteiger partial charge in [0.1, 0.15) is 5.82 Å². The molecule has 0 aliphatic rings. The predicted octanol–water partition coefficient (Wildman–Crippen LogP) is 4.06. The molecule has 0 aliphatic heterocycles. The van der Waals surface area contributed by atoms with Gasteiger partial charge in [0, 0.05) is 11.3 Å². The Bertz CT molecular complexity index is 1100. The molecular formula is C21H16N2O2. The second-order valence-corrected chi connectivity index (χ2v) is 5.65. The monoisotopic (exact) mass is 328 g/mol. The number of para-hydroxylation sites is 2. The fraction of sp³-hybridized carbons (Fsp3) is 0.0476. The zero-order valence-electron chi connectivity index (χ0n) is 13.7. The van der Waals surface area contributed by atoms with E-state index < -0.39 is 0 Å². The van der Waals surface area contributed by atoms with E-state index in [1.165, 1.54) is 13.2 Å². The van der Waals surface area contributed by atoms with Crippen LogP contribution < -0.4 is 10.2 Å². The van der Waals surface area contributed by atoms with Crippen LogP contribution in [0, 0.1) is 0 Å². The molecule has 0 radical (unpaired) electrons. The summed E-state index contributed by atoms with van der Waals surface area (Å²) in [5, 5.41) is 0. The molecule has 0 fully saturated rings. The lowest BCUT2D eigenvalue weighted by Gasteiger charge is -2.08. The largest absolute Gasteiger partial charge is 0.493 e. The van der Waals surface area contributed by atoms with Crippen molar-refractivity contribution >= 4 is 11.0 Å². The summed E-state index contributed by atoms with van der Waals surface area (Å²) in [4.78, 5) is 16.8. The molecule has 0 amide bonds. The number of benzene rings is 2. The molecule has 0 atom stereocenters. The van der Waals surface area contributed by atoms with Crippen LogP contribution in [0.3, 0.4) is 0 Å². The van der Waals surface area contributed by atoms with Gasteiger partial charge in [0.05, 0.1) is 18.1 Å². The van der Waals surface area contributed by atoms with Gasteiger partial charge in [-0.3, -0.25) is 9.36 Å². The first-order valence-electron chi connectivity index (χ1n) is 7.99. The number of aromatic nitrogens is 2. The van der Waals surface area contributed by atoms with Gasteiger partial charge < -0.3 is 4.74 Å². The predicted molar refractivity (Wildman–Crippen MR) is 99.3 cm³/mol. The molecule has 1 heterocycles. The number of hydrogen-bond donors (Lipinski definition) is 0. The molecule has 4 rings (SSSR count). The van der Waals surface area contributed by atoms with Crippen LogP contribution in [0.5, 0.6) is 5.75 Å². The minimum atomic E-state index is -0.153. The third-order valence-corrected chi connectivity index (χ3v) is 4.12. The Labute approximate surface area is 145 Å². The second-order valence-electron chi connectivity index (χ2n) is 5.65. The summed E-state index contributed by atoms with van der Waals surface area (Å²) >= 11 is 0. The number of methoxy groups -OCH3 is 1. The summed E-state index contributed by atoms with van der Waals surface area (Å²) in [5.74, 6) is 1.15. The standard InChI is InChI=1S/C21H16N2O2/c1-25-20-14-12-16(11-13-19(20)24)23-18-10-6-5-9-17(18)22-21(23)15-7-3-2-4-8-15/h2-14H,1H3. The van der Waals surface area contributed by atoms with E-state index in [0.29, 0.717) is 5.75 Å². The average Bonchev–Trinajstić information content (AvgIpc) is 2.94. The maximum Gasteiger partial charge on any atom is 0.220 e. The number of fused-ring (bicyclic) bond motifs is 1. The molecule has 0 N–H and O–H groups in total. The minimum absolute atomic E-state index is 0.153. The highest BCUT2D eigenvalue weighted by atomic mass is 16.5. The molecule has 0 unspecified atom stereocenters. The van der Waals surface area contributed by atoms with Crippen molar-refractivity contribution in [2.75, 3.05) is 7.11 Å². The Kier molecular flexibility index (Phi) is 3.78. The van der Waals surface area contributed by atoms with Gasteiger partial charge in [-0.25, -0.2) is 4.98 Å². The van der Waals surface area contributed by atoms with E-state index in [1.807, 2.05) is 60.7 Å². The van der Waals surface area contributed by atoms with E-state index >= 15 is 0 Å². The van der Waals surface area contributed by atoms with Gasteiger partial charge in [0.25, 0.3) is 0 Å². The highest BCUT2D eigenvalue weighted by molar-refractivity contribution is 5.83. The molecule has 122 valence electrons. The normalized spacial score (nSPS) is 10.8. The van der Waals surface area contributed by atoms with Gasteiger partial charge in [-0.05, 0) is 36.4 Å². The first-order valence-corrected chi connectivity index (χ1v) is 7.99. The third kappa shape index (κ3) is 2.68. The van der Waals surface area contributed by atoms with Crippen LogP contribution >= 0.6 is 0 Å². The molecule has 0 bridgehead atoms. The summed E-state index contributed by atoms with van der Waals surface area (Å²) in [5.41, 5.74) is 3.60. The topological polar surface area (TPSA) is 44.1 Å². The van der Waals surface area contributed by atoms with Crippen LogP contribution in [-0.2, 0) is 0 Å². The highest BCUT2D eigenvalue weighted by Gasteiger charge is 2.13. The Balaban J connectivity index is 2.04. The van der Waals surface area contributed by atoms with Crippen LogP contribution in [0.1, 0.15) is 0 Å². The molecule has 25 heavy (non-hydrogen) atoms. The summed E-state index contributed by atoms with van der Waals surface area (Å²) in [6.45, 7) is 0. The summed E-state index contributed by atoms with van der Waals surface area (Å²) in [6.07, 6.45) is 0. The highest BCUT2D eigenvalue weighted by Crippen LogP contribution is 2.28. The van der Waals surface area contributed by atoms with Gasteiger partial charge in [0.15, 0.2) is 5.75 Å². The van der Waals surface area contributed by atoms with Gasteiger partial charge in [0.2, 0.25) is 5.43 Å². The van der Waals surface area contributed by atoms with Crippen molar-refractivity contribution in [1.82, 2.24) is 9.55 Å². The van der Waals surface area contributed by atoms with Crippen LogP contribution in [0.15, 0.2) is 83.7 Å². The van der Waals surface area contributed by atoms with Crippen molar-refractivity contribution < 1.29 is 4.74 Å². The van der Waals surface area contributed by atoms with E-state index in [2.05, 4.69) is 4.57 Å². The van der Waals surface area contributed by atoms with Crippen molar-refractivity contribution in [2.45, 2.75) is 0 Å². The first kappa shape index (κ1) is 15.1.